The molecule has 1 saturated heterocycles. The molecule has 9 heteroatoms. The van der Waals surface area contributed by atoms with Crippen molar-refractivity contribution in [2.75, 3.05) is 18.9 Å². The van der Waals surface area contributed by atoms with E-state index in [2.05, 4.69) is 25.3 Å². The quantitative estimate of drug-likeness (QED) is 0.776. The number of anilines is 1. The maximum atomic E-state index is 13.2. The van der Waals surface area contributed by atoms with Crippen molar-refractivity contribution in [1.29, 1.82) is 0 Å². The summed E-state index contributed by atoms with van der Waals surface area (Å²) in [5, 5.41) is 7.24. The zero-order valence-corrected chi connectivity index (χ0v) is 14.0. The third kappa shape index (κ3) is 2.98. The van der Waals surface area contributed by atoms with Gasteiger partial charge in [-0.05, 0) is 19.0 Å². The molecule has 0 amide bonds. The molecule has 3 aromatic rings. The molecule has 0 radical (unpaired) electrons. The molecule has 4 rings (SSSR count). The van der Waals surface area contributed by atoms with Crippen LogP contribution in [0.2, 0.25) is 0 Å². The molecule has 0 saturated carbocycles. The van der Waals surface area contributed by atoms with Crippen LogP contribution in [0.4, 0.5) is 19.0 Å². The van der Waals surface area contributed by atoms with Crippen LogP contribution in [0.3, 0.4) is 0 Å². The summed E-state index contributed by atoms with van der Waals surface area (Å²) in [6.07, 6.45) is -2.55. The Morgan fingerprint density at radius 1 is 1.19 bits per heavy atom. The van der Waals surface area contributed by atoms with Crippen molar-refractivity contribution in [1.82, 2.24) is 24.5 Å². The van der Waals surface area contributed by atoms with Crippen molar-refractivity contribution < 1.29 is 13.2 Å². The maximum Gasteiger partial charge on any atom is 0.433 e. The largest absolute Gasteiger partial charge is 0.433 e. The molecule has 0 bridgehead atoms. The van der Waals surface area contributed by atoms with Crippen LogP contribution in [0.25, 0.3) is 5.78 Å². The van der Waals surface area contributed by atoms with Gasteiger partial charge in [0.25, 0.3) is 5.78 Å². The molecule has 0 spiro atoms. The monoisotopic (exact) mass is 362 g/mol. The number of hydrogen-bond donors (Lipinski definition) is 1. The number of hydrogen-bond acceptors (Lipinski definition) is 5. The van der Waals surface area contributed by atoms with Crippen LogP contribution in [0, 0.1) is 0 Å². The van der Waals surface area contributed by atoms with E-state index >= 15 is 0 Å². The van der Waals surface area contributed by atoms with E-state index in [1.165, 1.54) is 10.8 Å². The second kappa shape index (κ2) is 6.24. The second-order valence-corrected chi connectivity index (χ2v) is 6.37. The number of nitrogens with zero attached hydrogens (tertiary/aromatic N) is 5. The van der Waals surface area contributed by atoms with Crippen LogP contribution in [0.15, 0.2) is 42.7 Å². The molecule has 0 aliphatic carbocycles. The third-order valence-electron chi connectivity index (χ3n) is 4.67. The van der Waals surface area contributed by atoms with Gasteiger partial charge in [-0.15, -0.1) is 0 Å². The smallest absolute Gasteiger partial charge is 0.365 e. The van der Waals surface area contributed by atoms with Gasteiger partial charge in [-0.1, -0.05) is 30.3 Å². The van der Waals surface area contributed by atoms with Gasteiger partial charge in [0.05, 0.1) is 6.04 Å². The first-order valence-electron chi connectivity index (χ1n) is 8.23. The predicted molar refractivity (Wildman–Crippen MR) is 89.6 cm³/mol. The zero-order chi connectivity index (χ0) is 18.3. The van der Waals surface area contributed by atoms with E-state index < -0.39 is 11.9 Å². The number of halogens is 3. The normalized spacial score (nSPS) is 21.4. The van der Waals surface area contributed by atoms with Gasteiger partial charge in [0.2, 0.25) is 0 Å². The first-order valence-corrected chi connectivity index (χ1v) is 8.23. The fourth-order valence-electron chi connectivity index (χ4n) is 3.49. The fraction of sp³-hybridized carbons (Fsp3) is 0.353. The second-order valence-electron chi connectivity index (χ2n) is 6.37. The SMILES string of the molecule is CN1CC[C@@H](Nc2cc(C(F)(F)F)nc3ncnn23)[C@H]1c1ccccc1. The fourth-order valence-corrected chi connectivity index (χ4v) is 3.49. The molecule has 1 aromatic carbocycles. The number of nitrogens with one attached hydrogen (secondary N) is 1. The topological polar surface area (TPSA) is 58.3 Å². The molecule has 0 unspecified atom stereocenters. The van der Waals surface area contributed by atoms with Gasteiger partial charge in [-0.3, -0.25) is 4.90 Å². The Hall–Kier alpha value is -2.68. The number of aromatic nitrogens is 4. The lowest BCUT2D eigenvalue weighted by Crippen LogP contribution is -2.30. The number of likely N-dealkylation sites (N-methyl/N-ethyl adjacent to an activating group) is 1. The number of benzene rings is 1. The first-order chi connectivity index (χ1) is 12.4. The minimum atomic E-state index is -4.55. The summed E-state index contributed by atoms with van der Waals surface area (Å²) in [6, 6.07) is 10.9. The van der Waals surface area contributed by atoms with Crippen LogP contribution < -0.4 is 5.32 Å². The van der Waals surface area contributed by atoms with Crippen molar-refractivity contribution in [2.45, 2.75) is 24.7 Å². The van der Waals surface area contributed by atoms with Gasteiger partial charge in [0.1, 0.15) is 12.1 Å². The Morgan fingerprint density at radius 2 is 1.96 bits per heavy atom. The van der Waals surface area contributed by atoms with Gasteiger partial charge < -0.3 is 5.32 Å². The predicted octanol–water partition coefficient (Wildman–Crippen LogP) is 3.00. The van der Waals surface area contributed by atoms with E-state index in [1.54, 1.807) is 0 Å². The molecule has 2 aromatic heterocycles. The van der Waals surface area contributed by atoms with Crippen molar-refractivity contribution >= 4 is 11.6 Å². The van der Waals surface area contributed by atoms with E-state index in [4.69, 9.17) is 0 Å². The Labute approximate surface area is 147 Å². The summed E-state index contributed by atoms with van der Waals surface area (Å²) < 4.78 is 40.8. The summed E-state index contributed by atoms with van der Waals surface area (Å²) >= 11 is 0. The lowest BCUT2D eigenvalue weighted by atomic mass is 10.0. The lowest BCUT2D eigenvalue weighted by Gasteiger charge is -2.27. The molecule has 1 fully saturated rings. The Balaban J connectivity index is 1.71. The summed E-state index contributed by atoms with van der Waals surface area (Å²) in [5.74, 6) is 0.158. The molecule has 2 atom stereocenters. The average Bonchev–Trinajstić information content (AvgIpc) is 3.21. The Morgan fingerprint density at radius 3 is 2.69 bits per heavy atom. The van der Waals surface area contributed by atoms with Crippen LogP contribution in [-0.2, 0) is 6.18 Å². The molecular formula is C17H17F3N6. The number of alkyl halides is 3. The molecule has 26 heavy (non-hydrogen) atoms. The lowest BCUT2D eigenvalue weighted by molar-refractivity contribution is -0.141. The standard InChI is InChI=1S/C17H17F3N6/c1-25-8-7-12(15(25)11-5-3-2-4-6-11)23-14-9-13(17(18,19)20)24-16-21-10-22-26(14)16/h2-6,9-10,12,15,23H,7-8H2,1H3/t12-,15-/m1/s1. The van der Waals surface area contributed by atoms with Crippen molar-refractivity contribution in [3.8, 4) is 0 Å². The first kappa shape index (κ1) is 16.8. The number of fused-ring (bicyclic) bond motifs is 1. The zero-order valence-electron chi connectivity index (χ0n) is 14.0. The van der Waals surface area contributed by atoms with Crippen LogP contribution in [0.5, 0.6) is 0 Å². The van der Waals surface area contributed by atoms with Gasteiger partial charge in [-0.25, -0.2) is 4.98 Å². The number of rotatable bonds is 3. The van der Waals surface area contributed by atoms with Crippen molar-refractivity contribution in [2.24, 2.45) is 0 Å². The van der Waals surface area contributed by atoms with Gasteiger partial charge in [0.15, 0.2) is 5.69 Å². The molecule has 6 nitrogen and oxygen atoms in total. The molecule has 1 aliphatic heterocycles. The molecule has 1 aliphatic rings. The molecule has 136 valence electrons. The molecule has 3 heterocycles. The van der Waals surface area contributed by atoms with Crippen LogP contribution >= 0.6 is 0 Å². The minimum Gasteiger partial charge on any atom is -0.365 e. The highest BCUT2D eigenvalue weighted by molar-refractivity contribution is 5.47. The third-order valence-corrected chi connectivity index (χ3v) is 4.67. The Bertz CT molecular complexity index is 908. The van der Waals surface area contributed by atoms with E-state index in [-0.39, 0.29) is 23.7 Å². The van der Waals surface area contributed by atoms with Gasteiger partial charge in [-0.2, -0.15) is 27.8 Å². The van der Waals surface area contributed by atoms with E-state index in [0.29, 0.717) is 0 Å². The van der Waals surface area contributed by atoms with E-state index in [1.807, 2.05) is 37.4 Å². The Kier molecular flexibility index (Phi) is 4.03. The molecule has 1 N–H and O–H groups in total. The highest BCUT2D eigenvalue weighted by Gasteiger charge is 2.36. The van der Waals surface area contributed by atoms with Crippen LogP contribution in [0.1, 0.15) is 23.7 Å². The van der Waals surface area contributed by atoms with E-state index in [0.717, 1.165) is 24.6 Å². The highest BCUT2D eigenvalue weighted by atomic mass is 19.4. The summed E-state index contributed by atoms with van der Waals surface area (Å²) in [6.45, 7) is 0.842. The highest BCUT2D eigenvalue weighted by Crippen LogP contribution is 2.34. The minimum absolute atomic E-state index is 0.0530. The summed E-state index contributed by atoms with van der Waals surface area (Å²) in [7, 11) is 2.01. The van der Waals surface area contributed by atoms with Gasteiger partial charge >= 0.3 is 6.18 Å². The van der Waals surface area contributed by atoms with Crippen molar-refractivity contribution in [3.63, 3.8) is 0 Å². The van der Waals surface area contributed by atoms with Gasteiger partial charge in [0, 0.05) is 18.7 Å². The maximum absolute atomic E-state index is 13.2. The number of likely N-dealkylation sites (tertiary alicyclic amines) is 1. The van der Waals surface area contributed by atoms with Crippen LogP contribution in [-0.4, -0.2) is 44.1 Å². The molecular weight excluding hydrogens is 345 g/mol. The summed E-state index contributed by atoms with van der Waals surface area (Å²) in [4.78, 5) is 9.55. The van der Waals surface area contributed by atoms with Crippen molar-refractivity contribution in [3.05, 3.63) is 54.0 Å². The van der Waals surface area contributed by atoms with E-state index in [9.17, 15) is 13.2 Å². The summed E-state index contributed by atoms with van der Waals surface area (Å²) in [5.41, 5.74) is 0.132. The average molecular weight is 362 g/mol.